The van der Waals surface area contributed by atoms with Crippen molar-refractivity contribution in [3.63, 3.8) is 0 Å². The quantitative estimate of drug-likeness (QED) is 0.819. The predicted octanol–water partition coefficient (Wildman–Crippen LogP) is 1.14. The van der Waals surface area contributed by atoms with E-state index in [2.05, 4.69) is 0 Å². The summed E-state index contributed by atoms with van der Waals surface area (Å²) in [4.78, 5) is 28.4. The first-order chi connectivity index (χ1) is 10.2. The minimum Gasteiger partial charge on any atom is -0.383 e. The lowest BCUT2D eigenvalue weighted by Gasteiger charge is -2.25. The predicted molar refractivity (Wildman–Crippen MR) is 80.1 cm³/mol. The average molecular weight is 308 g/mol. The van der Waals surface area contributed by atoms with Gasteiger partial charge in [-0.3, -0.25) is 9.59 Å². The number of ether oxygens (including phenoxy) is 1. The van der Waals surface area contributed by atoms with Gasteiger partial charge in [-0.2, -0.15) is 11.3 Å². The fourth-order valence-corrected chi connectivity index (χ4v) is 4.06. The molecular formula is C15H20N2O3S. The maximum absolute atomic E-state index is 12.5. The number of hydrogen-bond acceptors (Lipinski definition) is 4. The number of hydrogen-bond donors (Lipinski definition) is 0. The van der Waals surface area contributed by atoms with E-state index in [1.807, 2.05) is 26.6 Å². The van der Waals surface area contributed by atoms with E-state index < -0.39 is 0 Å². The third kappa shape index (κ3) is 2.82. The number of carbonyl (C=O) groups excluding carboxylic acids is 2. The van der Waals surface area contributed by atoms with E-state index >= 15 is 0 Å². The fourth-order valence-electron chi connectivity index (χ4n) is 3.39. The zero-order valence-electron chi connectivity index (χ0n) is 12.2. The molecule has 2 aliphatic heterocycles. The molecule has 2 atom stereocenters. The van der Waals surface area contributed by atoms with Crippen molar-refractivity contribution in [1.82, 2.24) is 9.80 Å². The molecule has 6 heteroatoms. The van der Waals surface area contributed by atoms with Crippen LogP contribution in [0.25, 0.3) is 0 Å². The molecule has 114 valence electrons. The molecule has 3 heterocycles. The first kappa shape index (κ1) is 14.5. The maximum Gasteiger partial charge on any atom is 0.227 e. The van der Waals surface area contributed by atoms with E-state index in [4.69, 9.17) is 4.74 Å². The number of rotatable bonds is 5. The first-order valence-electron chi connectivity index (χ1n) is 7.29. The Kier molecular flexibility index (Phi) is 4.26. The molecule has 5 nitrogen and oxygen atoms in total. The summed E-state index contributed by atoms with van der Waals surface area (Å²) in [5, 5.41) is 4.00. The topological polar surface area (TPSA) is 49.9 Å². The summed E-state index contributed by atoms with van der Waals surface area (Å²) in [6, 6.07) is 2.22. The van der Waals surface area contributed by atoms with Gasteiger partial charge in [0.2, 0.25) is 11.8 Å². The molecule has 1 aromatic heterocycles. The summed E-state index contributed by atoms with van der Waals surface area (Å²) in [6.45, 7) is 1.94. The first-order valence-corrected chi connectivity index (χ1v) is 8.24. The Bertz CT molecular complexity index is 517. The fraction of sp³-hybridized carbons (Fsp3) is 0.600. The number of thiophene rings is 1. The molecule has 0 saturated carbocycles. The zero-order chi connectivity index (χ0) is 14.8. The summed E-state index contributed by atoms with van der Waals surface area (Å²) in [5.74, 6) is 0.289. The van der Waals surface area contributed by atoms with Crippen LogP contribution in [0.15, 0.2) is 16.8 Å². The summed E-state index contributed by atoms with van der Waals surface area (Å²) < 4.78 is 5.07. The second-order valence-electron chi connectivity index (χ2n) is 5.60. The van der Waals surface area contributed by atoms with Gasteiger partial charge in [0, 0.05) is 26.6 Å². The van der Waals surface area contributed by atoms with E-state index in [1.165, 1.54) is 0 Å². The summed E-state index contributed by atoms with van der Waals surface area (Å²) in [7, 11) is 1.64. The van der Waals surface area contributed by atoms with Gasteiger partial charge in [0.25, 0.3) is 0 Å². The number of carbonyl (C=O) groups is 2. The third-order valence-electron chi connectivity index (χ3n) is 4.41. The van der Waals surface area contributed by atoms with Crippen molar-refractivity contribution in [2.24, 2.45) is 0 Å². The Morgan fingerprint density at radius 2 is 2.33 bits per heavy atom. The molecule has 0 unspecified atom stereocenters. The van der Waals surface area contributed by atoms with Gasteiger partial charge in [-0.05, 0) is 28.8 Å². The molecule has 2 fully saturated rings. The highest BCUT2D eigenvalue weighted by Gasteiger charge is 2.47. The molecule has 0 bridgehead atoms. The number of amides is 2. The van der Waals surface area contributed by atoms with Crippen molar-refractivity contribution in [1.29, 1.82) is 0 Å². The monoisotopic (exact) mass is 308 g/mol. The molecule has 0 radical (unpaired) electrons. The number of methoxy groups -OCH3 is 1. The second kappa shape index (κ2) is 6.15. The Morgan fingerprint density at radius 1 is 1.48 bits per heavy atom. The van der Waals surface area contributed by atoms with Crippen LogP contribution in [0.3, 0.4) is 0 Å². The molecule has 0 aliphatic carbocycles. The highest BCUT2D eigenvalue weighted by Crippen LogP contribution is 2.32. The summed E-state index contributed by atoms with van der Waals surface area (Å²) in [5.41, 5.74) is 1.06. The van der Waals surface area contributed by atoms with Crippen molar-refractivity contribution in [3.05, 3.63) is 22.4 Å². The van der Waals surface area contributed by atoms with E-state index in [0.29, 0.717) is 26.0 Å². The highest BCUT2D eigenvalue weighted by atomic mass is 32.1. The normalized spacial score (nSPS) is 24.7. The smallest absolute Gasteiger partial charge is 0.227 e. The molecule has 21 heavy (non-hydrogen) atoms. The van der Waals surface area contributed by atoms with Crippen LogP contribution in [0.1, 0.15) is 18.4 Å². The number of nitrogens with zero attached hydrogens (tertiary/aromatic N) is 2. The van der Waals surface area contributed by atoms with Gasteiger partial charge in [0.05, 0.1) is 25.1 Å². The van der Waals surface area contributed by atoms with Gasteiger partial charge < -0.3 is 14.5 Å². The van der Waals surface area contributed by atoms with Crippen LogP contribution in [0.2, 0.25) is 0 Å². The van der Waals surface area contributed by atoms with Crippen LogP contribution in [0, 0.1) is 0 Å². The minimum atomic E-state index is 0.0560. The number of likely N-dealkylation sites (tertiary alicyclic amines) is 2. The van der Waals surface area contributed by atoms with Crippen LogP contribution in [0.4, 0.5) is 0 Å². The van der Waals surface area contributed by atoms with Crippen LogP contribution in [0.5, 0.6) is 0 Å². The standard InChI is InChI=1S/C15H20N2O3S/c1-20-6-5-17-12-2-4-16(13(12)9-15(17)19)14(18)8-11-3-7-21-10-11/h3,7,10,12-13H,2,4-6,8-9H2,1H3/t12-,13-/m1/s1. The molecule has 2 saturated heterocycles. The summed E-state index contributed by atoms with van der Waals surface area (Å²) in [6.07, 6.45) is 1.79. The van der Waals surface area contributed by atoms with E-state index in [-0.39, 0.29) is 23.9 Å². The molecular weight excluding hydrogens is 288 g/mol. The van der Waals surface area contributed by atoms with Crippen LogP contribution < -0.4 is 0 Å². The Morgan fingerprint density at radius 3 is 3.05 bits per heavy atom. The SMILES string of the molecule is COCCN1C(=O)C[C@@H]2[C@H]1CCN2C(=O)Cc1ccsc1. The lowest BCUT2D eigenvalue weighted by molar-refractivity contribution is -0.131. The van der Waals surface area contributed by atoms with Crippen LogP contribution >= 0.6 is 11.3 Å². The molecule has 1 aromatic rings. The van der Waals surface area contributed by atoms with Gasteiger partial charge in [-0.15, -0.1) is 0 Å². The van der Waals surface area contributed by atoms with Crippen molar-refractivity contribution < 1.29 is 14.3 Å². The van der Waals surface area contributed by atoms with Gasteiger partial charge in [0.1, 0.15) is 0 Å². The Labute approximate surface area is 128 Å². The van der Waals surface area contributed by atoms with Crippen molar-refractivity contribution >= 4 is 23.2 Å². The van der Waals surface area contributed by atoms with Gasteiger partial charge in [-0.25, -0.2) is 0 Å². The number of fused-ring (bicyclic) bond motifs is 1. The second-order valence-corrected chi connectivity index (χ2v) is 6.38. The third-order valence-corrected chi connectivity index (χ3v) is 5.14. The van der Waals surface area contributed by atoms with Crippen molar-refractivity contribution in [3.8, 4) is 0 Å². The largest absolute Gasteiger partial charge is 0.383 e. The Hall–Kier alpha value is -1.40. The molecule has 3 rings (SSSR count). The highest BCUT2D eigenvalue weighted by molar-refractivity contribution is 7.07. The minimum absolute atomic E-state index is 0.0560. The molecule has 0 spiro atoms. The van der Waals surface area contributed by atoms with Crippen LogP contribution in [-0.2, 0) is 20.7 Å². The molecule has 2 aliphatic rings. The van der Waals surface area contributed by atoms with Gasteiger partial charge in [0.15, 0.2) is 0 Å². The molecule has 2 amide bonds. The lowest BCUT2D eigenvalue weighted by atomic mass is 10.1. The molecule has 0 N–H and O–H groups in total. The summed E-state index contributed by atoms with van der Waals surface area (Å²) >= 11 is 1.61. The van der Waals surface area contributed by atoms with Crippen LogP contribution in [-0.4, -0.2) is 60.5 Å². The molecule has 0 aromatic carbocycles. The van der Waals surface area contributed by atoms with E-state index in [1.54, 1.807) is 18.4 Å². The van der Waals surface area contributed by atoms with Crippen molar-refractivity contribution in [2.45, 2.75) is 31.3 Å². The van der Waals surface area contributed by atoms with E-state index in [9.17, 15) is 9.59 Å². The van der Waals surface area contributed by atoms with Gasteiger partial charge >= 0.3 is 0 Å². The Balaban J connectivity index is 1.65. The van der Waals surface area contributed by atoms with Gasteiger partial charge in [-0.1, -0.05) is 0 Å². The van der Waals surface area contributed by atoms with Crippen molar-refractivity contribution in [2.75, 3.05) is 26.8 Å². The lowest BCUT2D eigenvalue weighted by Crippen LogP contribution is -2.41. The maximum atomic E-state index is 12.5. The zero-order valence-corrected chi connectivity index (χ0v) is 13.0. The van der Waals surface area contributed by atoms with E-state index in [0.717, 1.165) is 18.5 Å². The average Bonchev–Trinajstić information content (AvgIpc) is 3.14.